The van der Waals surface area contributed by atoms with E-state index in [4.69, 9.17) is 0 Å². The summed E-state index contributed by atoms with van der Waals surface area (Å²) >= 11 is 0. The number of nitrogens with one attached hydrogen (secondary N) is 2. The Kier molecular flexibility index (Phi) is 7.54. The molecule has 152 valence electrons. The SMILES string of the molecule is O=C(CCCC(=O)N/N=C/c1ccc(O)c(O)c1)N/N=C/c1ccc(O)c(O)c1. The number of carbonyl (C=O) groups is 2. The summed E-state index contributed by atoms with van der Waals surface area (Å²) in [5, 5.41) is 44.6. The highest BCUT2D eigenvalue weighted by molar-refractivity contribution is 5.84. The van der Waals surface area contributed by atoms with Crippen LogP contribution in [0.15, 0.2) is 46.6 Å². The minimum Gasteiger partial charge on any atom is -0.504 e. The highest BCUT2D eigenvalue weighted by atomic mass is 16.3. The molecular weight excluding hydrogens is 380 g/mol. The highest BCUT2D eigenvalue weighted by Gasteiger charge is 2.04. The van der Waals surface area contributed by atoms with Gasteiger partial charge in [0.1, 0.15) is 0 Å². The topological polar surface area (TPSA) is 164 Å². The zero-order valence-electron chi connectivity index (χ0n) is 15.2. The summed E-state index contributed by atoms with van der Waals surface area (Å²) < 4.78 is 0. The van der Waals surface area contributed by atoms with Gasteiger partial charge in [-0.2, -0.15) is 10.2 Å². The Morgan fingerprint density at radius 1 is 0.724 bits per heavy atom. The first-order chi connectivity index (χ1) is 13.8. The van der Waals surface area contributed by atoms with Crippen molar-refractivity contribution in [1.29, 1.82) is 0 Å². The number of phenols is 4. The van der Waals surface area contributed by atoms with Gasteiger partial charge in [-0.1, -0.05) is 0 Å². The number of nitrogens with zero attached hydrogens (tertiary/aromatic N) is 2. The molecule has 0 spiro atoms. The molecule has 2 amide bonds. The number of hydrogen-bond donors (Lipinski definition) is 6. The van der Waals surface area contributed by atoms with E-state index in [0.29, 0.717) is 11.1 Å². The molecule has 0 heterocycles. The molecule has 0 aliphatic carbocycles. The van der Waals surface area contributed by atoms with Crippen molar-refractivity contribution in [2.24, 2.45) is 10.2 Å². The van der Waals surface area contributed by atoms with E-state index >= 15 is 0 Å². The molecule has 0 fully saturated rings. The second-order valence-corrected chi connectivity index (χ2v) is 5.94. The van der Waals surface area contributed by atoms with Crippen molar-refractivity contribution >= 4 is 24.2 Å². The van der Waals surface area contributed by atoms with Crippen LogP contribution < -0.4 is 10.9 Å². The second kappa shape index (κ2) is 10.3. The van der Waals surface area contributed by atoms with Crippen LogP contribution in [0.2, 0.25) is 0 Å². The summed E-state index contributed by atoms with van der Waals surface area (Å²) in [5.74, 6) is -1.88. The number of hydrogen-bond acceptors (Lipinski definition) is 8. The molecule has 0 radical (unpaired) electrons. The number of carbonyl (C=O) groups excluding carboxylic acids is 2. The van der Waals surface area contributed by atoms with E-state index in [0.717, 1.165) is 0 Å². The third-order valence-electron chi connectivity index (χ3n) is 3.61. The molecule has 10 heteroatoms. The van der Waals surface area contributed by atoms with Gasteiger partial charge in [0.25, 0.3) is 0 Å². The molecule has 2 rings (SSSR count). The lowest BCUT2D eigenvalue weighted by molar-refractivity contribution is -0.122. The van der Waals surface area contributed by atoms with Crippen LogP contribution in [0.5, 0.6) is 23.0 Å². The summed E-state index contributed by atoms with van der Waals surface area (Å²) in [5.41, 5.74) is 5.56. The van der Waals surface area contributed by atoms with Crippen molar-refractivity contribution in [3.05, 3.63) is 47.5 Å². The lowest BCUT2D eigenvalue weighted by Gasteiger charge is -2.01. The van der Waals surface area contributed by atoms with Crippen molar-refractivity contribution in [2.75, 3.05) is 0 Å². The molecule has 0 saturated heterocycles. The lowest BCUT2D eigenvalue weighted by Crippen LogP contribution is -2.20. The summed E-state index contributed by atoms with van der Waals surface area (Å²) in [7, 11) is 0. The van der Waals surface area contributed by atoms with Gasteiger partial charge in [0.15, 0.2) is 23.0 Å². The average molecular weight is 400 g/mol. The maximum absolute atomic E-state index is 11.7. The van der Waals surface area contributed by atoms with Gasteiger partial charge in [-0.15, -0.1) is 0 Å². The van der Waals surface area contributed by atoms with Gasteiger partial charge in [-0.3, -0.25) is 9.59 Å². The normalized spacial score (nSPS) is 11.0. The highest BCUT2D eigenvalue weighted by Crippen LogP contribution is 2.24. The predicted octanol–water partition coefficient (Wildman–Crippen LogP) is 1.28. The first kappa shape index (κ1) is 21.2. The van der Waals surface area contributed by atoms with Crippen LogP contribution in [0.4, 0.5) is 0 Å². The molecule has 6 N–H and O–H groups in total. The third-order valence-corrected chi connectivity index (χ3v) is 3.61. The van der Waals surface area contributed by atoms with Gasteiger partial charge in [0.05, 0.1) is 12.4 Å². The Labute approximate surface area is 165 Å². The summed E-state index contributed by atoms with van der Waals surface area (Å²) in [4.78, 5) is 23.3. The number of phenolic OH excluding ortho intramolecular Hbond substituents is 4. The van der Waals surface area contributed by atoms with Crippen molar-refractivity contribution in [3.63, 3.8) is 0 Å². The van der Waals surface area contributed by atoms with Crippen LogP contribution in [-0.4, -0.2) is 44.7 Å². The van der Waals surface area contributed by atoms with Crippen LogP contribution in [0.1, 0.15) is 30.4 Å². The molecule has 0 aliphatic heterocycles. The van der Waals surface area contributed by atoms with Crippen LogP contribution >= 0.6 is 0 Å². The maximum Gasteiger partial charge on any atom is 0.240 e. The van der Waals surface area contributed by atoms with Gasteiger partial charge < -0.3 is 20.4 Å². The number of benzene rings is 2. The Hall–Kier alpha value is -4.08. The van der Waals surface area contributed by atoms with Crippen molar-refractivity contribution in [1.82, 2.24) is 10.9 Å². The standard InChI is InChI=1S/C19H20N4O6/c24-14-6-4-12(8-16(14)26)10-20-22-18(28)2-1-3-19(29)23-21-11-13-5-7-15(25)17(27)9-13/h4-11,24-27H,1-3H2,(H,22,28)(H,23,29)/b20-10+,21-11+. The summed E-state index contributed by atoms with van der Waals surface area (Å²) in [6, 6.07) is 8.18. The van der Waals surface area contributed by atoms with Crippen molar-refractivity contribution < 1.29 is 30.0 Å². The molecule has 2 aromatic carbocycles. The van der Waals surface area contributed by atoms with E-state index in [1.807, 2.05) is 0 Å². The molecule has 0 atom stereocenters. The van der Waals surface area contributed by atoms with E-state index in [2.05, 4.69) is 21.1 Å². The number of amides is 2. The second-order valence-electron chi connectivity index (χ2n) is 5.94. The Balaban J connectivity index is 1.66. The number of rotatable bonds is 8. The van der Waals surface area contributed by atoms with Gasteiger partial charge >= 0.3 is 0 Å². The van der Waals surface area contributed by atoms with Gasteiger partial charge in [0.2, 0.25) is 11.8 Å². The smallest absolute Gasteiger partial charge is 0.240 e. The third kappa shape index (κ3) is 7.21. The van der Waals surface area contributed by atoms with Crippen LogP contribution in [0.3, 0.4) is 0 Å². The van der Waals surface area contributed by atoms with Gasteiger partial charge in [-0.05, 0) is 53.9 Å². The van der Waals surface area contributed by atoms with Crippen LogP contribution in [0, 0.1) is 0 Å². The Morgan fingerprint density at radius 2 is 1.14 bits per heavy atom. The average Bonchev–Trinajstić information content (AvgIpc) is 2.67. The molecule has 10 nitrogen and oxygen atoms in total. The Bertz CT molecular complexity index is 867. The fourth-order valence-electron chi connectivity index (χ4n) is 2.12. The molecule has 0 bridgehead atoms. The zero-order chi connectivity index (χ0) is 21.2. The fraction of sp³-hybridized carbons (Fsp3) is 0.158. The first-order valence-corrected chi connectivity index (χ1v) is 8.53. The molecule has 2 aromatic rings. The van der Waals surface area contributed by atoms with E-state index in [1.54, 1.807) is 0 Å². The summed E-state index contributed by atoms with van der Waals surface area (Å²) in [6.07, 6.45) is 3.03. The molecular formula is C19H20N4O6. The number of aromatic hydroxyl groups is 4. The molecule has 29 heavy (non-hydrogen) atoms. The lowest BCUT2D eigenvalue weighted by atomic mass is 10.2. The van der Waals surface area contributed by atoms with Crippen LogP contribution in [0.25, 0.3) is 0 Å². The Morgan fingerprint density at radius 3 is 1.52 bits per heavy atom. The molecule has 0 aliphatic rings. The predicted molar refractivity (Wildman–Crippen MR) is 105 cm³/mol. The number of hydrazone groups is 2. The van der Waals surface area contributed by atoms with E-state index in [-0.39, 0.29) is 54.1 Å². The molecule has 0 unspecified atom stereocenters. The van der Waals surface area contributed by atoms with E-state index < -0.39 is 0 Å². The fourth-order valence-corrected chi connectivity index (χ4v) is 2.12. The van der Waals surface area contributed by atoms with Crippen LogP contribution in [-0.2, 0) is 9.59 Å². The quantitative estimate of drug-likeness (QED) is 0.222. The van der Waals surface area contributed by atoms with Gasteiger partial charge in [0, 0.05) is 12.8 Å². The van der Waals surface area contributed by atoms with E-state index in [9.17, 15) is 30.0 Å². The minimum absolute atomic E-state index is 0.0706. The maximum atomic E-state index is 11.7. The van der Waals surface area contributed by atoms with Crippen molar-refractivity contribution in [3.8, 4) is 23.0 Å². The van der Waals surface area contributed by atoms with Crippen molar-refractivity contribution in [2.45, 2.75) is 19.3 Å². The van der Waals surface area contributed by atoms with Gasteiger partial charge in [-0.25, -0.2) is 10.9 Å². The molecule has 0 saturated carbocycles. The zero-order valence-corrected chi connectivity index (χ0v) is 15.2. The largest absolute Gasteiger partial charge is 0.504 e. The monoisotopic (exact) mass is 400 g/mol. The first-order valence-electron chi connectivity index (χ1n) is 8.53. The van der Waals surface area contributed by atoms with E-state index in [1.165, 1.54) is 48.8 Å². The molecule has 0 aromatic heterocycles. The minimum atomic E-state index is -0.389. The summed E-state index contributed by atoms with van der Waals surface area (Å²) in [6.45, 7) is 0.